The van der Waals surface area contributed by atoms with E-state index in [0.29, 0.717) is 17.5 Å². The van der Waals surface area contributed by atoms with E-state index in [1.807, 2.05) is 37.3 Å². The molecular weight excluding hydrogens is 434 g/mol. The van der Waals surface area contributed by atoms with Crippen LogP contribution < -0.4 is 15.5 Å². The molecule has 7 nitrogen and oxygen atoms in total. The molecular formula is C25H31N5O2S. The van der Waals surface area contributed by atoms with Crippen molar-refractivity contribution in [3.05, 3.63) is 40.9 Å². The molecule has 0 spiro atoms. The van der Waals surface area contributed by atoms with Gasteiger partial charge in [0.15, 0.2) is 5.78 Å². The third-order valence-electron chi connectivity index (χ3n) is 6.88. The van der Waals surface area contributed by atoms with Gasteiger partial charge in [-0.15, -0.1) is 11.3 Å². The minimum Gasteiger partial charge on any atom is -0.359 e. The molecule has 1 amide bonds. The van der Waals surface area contributed by atoms with Gasteiger partial charge in [0.05, 0.1) is 22.7 Å². The Balaban J connectivity index is 1.32. The van der Waals surface area contributed by atoms with E-state index in [1.165, 1.54) is 43.4 Å². The van der Waals surface area contributed by atoms with Crippen molar-refractivity contribution < 1.29 is 9.59 Å². The van der Waals surface area contributed by atoms with Crippen molar-refractivity contribution in [2.24, 2.45) is 0 Å². The maximum absolute atomic E-state index is 13.0. The van der Waals surface area contributed by atoms with Crippen molar-refractivity contribution in [3.63, 3.8) is 0 Å². The van der Waals surface area contributed by atoms with Crippen LogP contribution in [-0.4, -0.2) is 47.1 Å². The van der Waals surface area contributed by atoms with Crippen molar-refractivity contribution in [1.29, 1.82) is 0 Å². The maximum Gasteiger partial charge on any atom is 0.265 e. The predicted molar refractivity (Wildman–Crippen MR) is 134 cm³/mol. The van der Waals surface area contributed by atoms with E-state index in [0.717, 1.165) is 40.4 Å². The first-order valence-electron chi connectivity index (χ1n) is 11.9. The largest absolute Gasteiger partial charge is 0.359 e. The summed E-state index contributed by atoms with van der Waals surface area (Å²) in [6.45, 7) is 5.97. The second kappa shape index (κ2) is 9.27. The number of carbonyl (C=O) groups is 2. The van der Waals surface area contributed by atoms with Gasteiger partial charge in [-0.3, -0.25) is 14.3 Å². The van der Waals surface area contributed by atoms with Crippen molar-refractivity contribution in [2.45, 2.75) is 58.0 Å². The Morgan fingerprint density at radius 1 is 1.15 bits per heavy atom. The van der Waals surface area contributed by atoms with Gasteiger partial charge in [-0.2, -0.15) is 5.10 Å². The Bertz CT molecular complexity index is 1160. The lowest BCUT2D eigenvalue weighted by Gasteiger charge is -2.36. The van der Waals surface area contributed by atoms with E-state index in [2.05, 4.69) is 20.2 Å². The van der Waals surface area contributed by atoms with Crippen LogP contribution in [0.3, 0.4) is 0 Å². The SMILES string of the molecule is CC(=O)C1CNCCN1c1ccc(NC(=O)c2cc3c(C)nn(C4CCCCC4)c3s2)cc1. The zero-order valence-corrected chi connectivity index (χ0v) is 20.1. The average Bonchev–Trinajstić information content (AvgIpc) is 3.41. The zero-order valence-electron chi connectivity index (χ0n) is 19.3. The fourth-order valence-corrected chi connectivity index (χ4v) is 6.19. The van der Waals surface area contributed by atoms with Gasteiger partial charge in [0, 0.05) is 36.4 Å². The molecule has 33 heavy (non-hydrogen) atoms. The monoisotopic (exact) mass is 465 g/mol. The number of aryl methyl sites for hydroxylation is 1. The Hall–Kier alpha value is -2.71. The van der Waals surface area contributed by atoms with Gasteiger partial charge >= 0.3 is 0 Å². The van der Waals surface area contributed by atoms with Gasteiger partial charge in [-0.1, -0.05) is 19.3 Å². The summed E-state index contributed by atoms with van der Waals surface area (Å²) in [5.74, 6) is 0.0637. The lowest BCUT2D eigenvalue weighted by molar-refractivity contribution is -0.118. The number of carbonyl (C=O) groups excluding carboxylic acids is 2. The molecule has 1 aliphatic carbocycles. The van der Waals surface area contributed by atoms with Crippen molar-refractivity contribution in [3.8, 4) is 0 Å². The fourth-order valence-electron chi connectivity index (χ4n) is 5.06. The van der Waals surface area contributed by atoms with Crippen molar-refractivity contribution in [2.75, 3.05) is 29.9 Å². The predicted octanol–water partition coefficient (Wildman–Crippen LogP) is 4.53. The number of thiophene rings is 1. The van der Waals surface area contributed by atoms with E-state index in [4.69, 9.17) is 5.10 Å². The van der Waals surface area contributed by atoms with Crippen LogP contribution >= 0.6 is 11.3 Å². The Labute approximate surface area is 198 Å². The number of Topliss-reactive ketones (excluding diaryl/α,β-unsaturated/α-hetero) is 1. The summed E-state index contributed by atoms with van der Waals surface area (Å²) in [5, 5.41) is 12.2. The number of amides is 1. The van der Waals surface area contributed by atoms with Gasteiger partial charge in [-0.05, 0) is 57.0 Å². The smallest absolute Gasteiger partial charge is 0.265 e. The number of fused-ring (bicyclic) bond motifs is 1. The summed E-state index contributed by atoms with van der Waals surface area (Å²) in [7, 11) is 0. The molecule has 5 rings (SSSR count). The van der Waals surface area contributed by atoms with Crippen LogP contribution in [-0.2, 0) is 4.79 Å². The normalized spacial score (nSPS) is 19.7. The molecule has 1 saturated carbocycles. The van der Waals surface area contributed by atoms with Gasteiger partial charge in [-0.25, -0.2) is 0 Å². The molecule has 2 fully saturated rings. The summed E-state index contributed by atoms with van der Waals surface area (Å²) in [6.07, 6.45) is 6.14. The number of anilines is 2. The Kier molecular flexibility index (Phi) is 6.21. The first kappa shape index (κ1) is 22.1. The lowest BCUT2D eigenvalue weighted by Crippen LogP contribution is -2.54. The summed E-state index contributed by atoms with van der Waals surface area (Å²) in [4.78, 5) is 29.0. The van der Waals surface area contributed by atoms with Crippen LogP contribution in [0.2, 0.25) is 0 Å². The minimum absolute atomic E-state index is 0.0951. The summed E-state index contributed by atoms with van der Waals surface area (Å²) >= 11 is 1.53. The zero-order chi connectivity index (χ0) is 22.9. The molecule has 1 saturated heterocycles. The van der Waals surface area contributed by atoms with Crippen LogP contribution in [0.15, 0.2) is 30.3 Å². The molecule has 2 N–H and O–H groups in total. The number of benzene rings is 1. The van der Waals surface area contributed by atoms with E-state index >= 15 is 0 Å². The summed E-state index contributed by atoms with van der Waals surface area (Å²) < 4.78 is 2.17. The molecule has 0 radical (unpaired) electrons. The highest BCUT2D eigenvalue weighted by atomic mass is 32.1. The van der Waals surface area contributed by atoms with Gasteiger partial charge in [0.25, 0.3) is 5.91 Å². The van der Waals surface area contributed by atoms with Crippen LogP contribution in [0.1, 0.15) is 60.4 Å². The average molecular weight is 466 g/mol. The number of hydrogen-bond acceptors (Lipinski definition) is 6. The molecule has 1 aromatic carbocycles. The van der Waals surface area contributed by atoms with Crippen LogP contribution in [0.5, 0.6) is 0 Å². The van der Waals surface area contributed by atoms with Gasteiger partial charge in [0.1, 0.15) is 4.83 Å². The van der Waals surface area contributed by atoms with Gasteiger partial charge < -0.3 is 15.5 Å². The van der Waals surface area contributed by atoms with E-state index in [9.17, 15) is 9.59 Å². The number of hydrogen-bond donors (Lipinski definition) is 2. The molecule has 0 bridgehead atoms. The highest BCUT2D eigenvalue weighted by molar-refractivity contribution is 7.20. The molecule has 2 aliphatic rings. The number of ketones is 1. The van der Waals surface area contributed by atoms with Crippen LogP contribution in [0.25, 0.3) is 10.2 Å². The summed E-state index contributed by atoms with van der Waals surface area (Å²) in [5.41, 5.74) is 2.74. The topological polar surface area (TPSA) is 79.3 Å². The number of rotatable bonds is 5. The standard InChI is InChI=1S/C25H31N5O2S/c1-16-21-14-23(33-25(21)30(28-16)20-6-4-3-5-7-20)24(32)27-18-8-10-19(11-9-18)29-13-12-26-15-22(29)17(2)31/h8-11,14,20,22,26H,3-7,12-13,15H2,1-2H3,(H,27,32). The number of nitrogens with one attached hydrogen (secondary N) is 2. The third kappa shape index (κ3) is 4.42. The molecule has 3 heterocycles. The second-order valence-electron chi connectivity index (χ2n) is 9.18. The van der Waals surface area contributed by atoms with Crippen molar-refractivity contribution in [1.82, 2.24) is 15.1 Å². The number of piperazine rings is 1. The van der Waals surface area contributed by atoms with E-state index in [-0.39, 0.29) is 17.7 Å². The fraction of sp³-hybridized carbons (Fsp3) is 0.480. The van der Waals surface area contributed by atoms with Crippen LogP contribution in [0, 0.1) is 6.92 Å². The second-order valence-corrected chi connectivity index (χ2v) is 10.2. The molecule has 1 aliphatic heterocycles. The molecule has 3 aromatic rings. The van der Waals surface area contributed by atoms with E-state index < -0.39 is 0 Å². The highest BCUT2D eigenvalue weighted by Crippen LogP contribution is 2.35. The molecule has 1 atom stereocenters. The van der Waals surface area contributed by atoms with Gasteiger partial charge in [0.2, 0.25) is 0 Å². The molecule has 2 aromatic heterocycles. The molecule has 8 heteroatoms. The first-order valence-corrected chi connectivity index (χ1v) is 12.7. The Morgan fingerprint density at radius 3 is 2.64 bits per heavy atom. The third-order valence-corrected chi connectivity index (χ3v) is 8.01. The molecule has 174 valence electrons. The first-order chi connectivity index (χ1) is 16.0. The maximum atomic E-state index is 13.0. The molecule has 1 unspecified atom stereocenters. The lowest BCUT2D eigenvalue weighted by atomic mass is 9.96. The van der Waals surface area contributed by atoms with Crippen LogP contribution in [0.4, 0.5) is 11.4 Å². The van der Waals surface area contributed by atoms with E-state index in [1.54, 1.807) is 6.92 Å². The summed E-state index contributed by atoms with van der Waals surface area (Å²) in [6, 6.07) is 10.1. The number of aromatic nitrogens is 2. The quantitative estimate of drug-likeness (QED) is 0.579. The minimum atomic E-state index is -0.148. The number of nitrogens with zero attached hydrogens (tertiary/aromatic N) is 3. The Morgan fingerprint density at radius 2 is 1.91 bits per heavy atom. The highest BCUT2D eigenvalue weighted by Gasteiger charge is 2.26. The van der Waals surface area contributed by atoms with Crippen molar-refractivity contribution >= 4 is 44.6 Å².